The molecule has 0 saturated heterocycles. The topological polar surface area (TPSA) is 20.3 Å². The van der Waals surface area contributed by atoms with Gasteiger partial charge in [-0.15, -0.1) is 0 Å². The summed E-state index contributed by atoms with van der Waals surface area (Å²) in [6, 6.07) is 5.69. The lowest BCUT2D eigenvalue weighted by Crippen LogP contribution is -2.37. The highest BCUT2D eigenvalue weighted by atomic mass is 35.5. The molecule has 0 bridgehead atoms. The third-order valence-corrected chi connectivity index (χ3v) is 4.52. The Labute approximate surface area is 130 Å². The van der Waals surface area contributed by atoms with E-state index in [1.807, 2.05) is 11.9 Å². The smallest absolute Gasteiger partial charge is 0.246 e. The largest absolute Gasteiger partial charge is 0.339 e. The van der Waals surface area contributed by atoms with Crippen LogP contribution in [0.1, 0.15) is 37.7 Å². The molecule has 0 spiro atoms. The molecule has 1 amide bonds. The third kappa shape index (κ3) is 3.77. The molecule has 0 aromatic heterocycles. The maximum atomic E-state index is 12.2. The van der Waals surface area contributed by atoms with E-state index >= 15 is 0 Å². The van der Waals surface area contributed by atoms with Crippen LogP contribution in [0.15, 0.2) is 24.3 Å². The Bertz CT molecular complexity index is 487. The summed E-state index contributed by atoms with van der Waals surface area (Å²) in [6.45, 7) is 0. The van der Waals surface area contributed by atoms with Gasteiger partial charge in [0.05, 0.1) is 0 Å². The molecule has 1 aromatic rings. The summed E-state index contributed by atoms with van der Waals surface area (Å²) in [5.41, 5.74) is 0.696. The Morgan fingerprint density at radius 1 is 1.20 bits per heavy atom. The molecule has 20 heavy (non-hydrogen) atoms. The number of amides is 1. The minimum Gasteiger partial charge on any atom is -0.339 e. The Kier molecular flexibility index (Phi) is 5.50. The number of nitrogens with zero attached hydrogens (tertiary/aromatic N) is 1. The van der Waals surface area contributed by atoms with Crippen LogP contribution in [-0.4, -0.2) is 23.9 Å². The van der Waals surface area contributed by atoms with Gasteiger partial charge in [-0.1, -0.05) is 48.5 Å². The van der Waals surface area contributed by atoms with Crippen molar-refractivity contribution in [3.8, 4) is 0 Å². The number of hydrogen-bond donors (Lipinski definition) is 0. The molecular weight excluding hydrogens is 293 g/mol. The van der Waals surface area contributed by atoms with Crippen LogP contribution < -0.4 is 0 Å². The van der Waals surface area contributed by atoms with Crippen LogP contribution >= 0.6 is 23.2 Å². The molecular formula is C16H19Cl2NO. The monoisotopic (exact) mass is 311 g/mol. The Morgan fingerprint density at radius 2 is 1.80 bits per heavy atom. The number of benzene rings is 1. The first-order valence-electron chi connectivity index (χ1n) is 6.98. The van der Waals surface area contributed by atoms with Crippen molar-refractivity contribution >= 4 is 35.2 Å². The van der Waals surface area contributed by atoms with Gasteiger partial charge >= 0.3 is 0 Å². The van der Waals surface area contributed by atoms with E-state index in [9.17, 15) is 4.79 Å². The van der Waals surface area contributed by atoms with E-state index in [1.54, 1.807) is 30.4 Å². The number of hydrogen-bond acceptors (Lipinski definition) is 1. The summed E-state index contributed by atoms with van der Waals surface area (Å²) >= 11 is 12.2. The van der Waals surface area contributed by atoms with Gasteiger partial charge in [-0.2, -0.15) is 0 Å². The second kappa shape index (κ2) is 7.14. The molecule has 1 saturated carbocycles. The predicted octanol–water partition coefficient (Wildman–Crippen LogP) is 4.80. The average molecular weight is 312 g/mol. The van der Waals surface area contributed by atoms with Crippen LogP contribution in [0.25, 0.3) is 6.08 Å². The van der Waals surface area contributed by atoms with Crippen LogP contribution in [0.5, 0.6) is 0 Å². The van der Waals surface area contributed by atoms with Crippen molar-refractivity contribution in [3.05, 3.63) is 39.9 Å². The summed E-state index contributed by atoms with van der Waals surface area (Å²) in [4.78, 5) is 14.0. The fourth-order valence-electron chi connectivity index (χ4n) is 2.59. The molecule has 0 aliphatic heterocycles. The molecule has 0 atom stereocenters. The molecule has 0 N–H and O–H groups in total. The van der Waals surface area contributed by atoms with Crippen molar-refractivity contribution in [2.75, 3.05) is 7.05 Å². The van der Waals surface area contributed by atoms with E-state index in [2.05, 4.69) is 0 Å². The third-order valence-electron chi connectivity index (χ3n) is 3.86. The van der Waals surface area contributed by atoms with E-state index in [0.717, 1.165) is 12.8 Å². The fourth-order valence-corrected chi connectivity index (χ4v) is 3.11. The summed E-state index contributed by atoms with van der Waals surface area (Å²) in [6.07, 6.45) is 9.16. The molecule has 1 aliphatic carbocycles. The van der Waals surface area contributed by atoms with Crippen molar-refractivity contribution in [2.45, 2.75) is 38.1 Å². The lowest BCUT2D eigenvalue weighted by atomic mass is 9.94. The van der Waals surface area contributed by atoms with Gasteiger partial charge in [0, 0.05) is 34.8 Å². The maximum absolute atomic E-state index is 12.2. The number of carbonyl (C=O) groups is 1. The molecule has 4 heteroatoms. The lowest BCUT2D eigenvalue weighted by molar-refractivity contribution is -0.127. The zero-order valence-electron chi connectivity index (χ0n) is 11.6. The van der Waals surface area contributed by atoms with Crippen molar-refractivity contribution in [1.29, 1.82) is 0 Å². The molecule has 0 heterocycles. The van der Waals surface area contributed by atoms with Crippen molar-refractivity contribution in [1.82, 2.24) is 4.90 Å². The summed E-state index contributed by atoms with van der Waals surface area (Å²) in [5.74, 6) is 0.00730. The predicted molar refractivity (Wildman–Crippen MR) is 85.1 cm³/mol. The molecule has 1 fully saturated rings. The zero-order valence-corrected chi connectivity index (χ0v) is 13.1. The number of halogens is 2. The van der Waals surface area contributed by atoms with Gasteiger partial charge in [0.2, 0.25) is 5.91 Å². The number of rotatable bonds is 3. The molecule has 0 radical (unpaired) electrons. The van der Waals surface area contributed by atoms with Crippen LogP contribution in [-0.2, 0) is 4.79 Å². The minimum atomic E-state index is 0.00730. The number of carbonyl (C=O) groups excluding carboxylic acids is 1. The van der Waals surface area contributed by atoms with Gasteiger partial charge < -0.3 is 4.90 Å². The van der Waals surface area contributed by atoms with E-state index in [0.29, 0.717) is 21.7 Å². The molecule has 0 unspecified atom stereocenters. The first-order valence-corrected chi connectivity index (χ1v) is 7.74. The Hall–Kier alpha value is -0.990. The first kappa shape index (κ1) is 15.4. The van der Waals surface area contributed by atoms with Crippen LogP contribution in [0.2, 0.25) is 10.0 Å². The second-order valence-corrected chi connectivity index (χ2v) is 6.02. The van der Waals surface area contributed by atoms with Crippen LogP contribution in [0.3, 0.4) is 0 Å². The van der Waals surface area contributed by atoms with Crippen molar-refractivity contribution < 1.29 is 4.79 Å². The Morgan fingerprint density at radius 3 is 2.40 bits per heavy atom. The molecule has 108 valence electrons. The van der Waals surface area contributed by atoms with Gasteiger partial charge in [-0.25, -0.2) is 0 Å². The normalized spacial score (nSPS) is 16.6. The van der Waals surface area contributed by atoms with Gasteiger partial charge in [0.1, 0.15) is 0 Å². The number of likely N-dealkylation sites (N-methyl/N-ethyl adjacent to an activating group) is 1. The minimum absolute atomic E-state index is 0.00730. The van der Waals surface area contributed by atoms with E-state index in [4.69, 9.17) is 23.2 Å². The SMILES string of the molecule is CN(C(=O)/C=C/c1c(Cl)cccc1Cl)C1CCCCC1. The van der Waals surface area contributed by atoms with Crippen molar-refractivity contribution in [3.63, 3.8) is 0 Å². The van der Waals surface area contributed by atoms with Gasteiger partial charge in [0.15, 0.2) is 0 Å². The first-order chi connectivity index (χ1) is 9.59. The highest BCUT2D eigenvalue weighted by Gasteiger charge is 2.20. The molecule has 1 aliphatic rings. The Balaban J connectivity index is 2.05. The molecule has 1 aromatic carbocycles. The average Bonchev–Trinajstić information content (AvgIpc) is 2.46. The zero-order chi connectivity index (χ0) is 14.5. The van der Waals surface area contributed by atoms with E-state index in [1.165, 1.54) is 19.3 Å². The van der Waals surface area contributed by atoms with Gasteiger partial charge in [-0.3, -0.25) is 4.79 Å². The van der Waals surface area contributed by atoms with E-state index < -0.39 is 0 Å². The summed E-state index contributed by atoms with van der Waals surface area (Å²) in [7, 11) is 1.87. The molecule has 2 rings (SSSR count). The van der Waals surface area contributed by atoms with Gasteiger partial charge in [-0.05, 0) is 31.1 Å². The summed E-state index contributed by atoms with van der Waals surface area (Å²) in [5, 5.41) is 1.11. The fraction of sp³-hybridized carbons (Fsp3) is 0.438. The standard InChI is InChI=1S/C16H19Cl2NO/c1-19(12-6-3-2-4-7-12)16(20)11-10-13-14(17)8-5-9-15(13)18/h5,8-12H,2-4,6-7H2,1H3/b11-10+. The second-order valence-electron chi connectivity index (χ2n) is 5.21. The quantitative estimate of drug-likeness (QED) is 0.734. The maximum Gasteiger partial charge on any atom is 0.246 e. The highest BCUT2D eigenvalue weighted by Crippen LogP contribution is 2.26. The summed E-state index contributed by atoms with van der Waals surface area (Å²) < 4.78 is 0. The molecule has 2 nitrogen and oxygen atoms in total. The lowest BCUT2D eigenvalue weighted by Gasteiger charge is -2.30. The van der Waals surface area contributed by atoms with Crippen LogP contribution in [0, 0.1) is 0 Å². The highest BCUT2D eigenvalue weighted by molar-refractivity contribution is 6.37. The van der Waals surface area contributed by atoms with Gasteiger partial charge in [0.25, 0.3) is 0 Å². The van der Waals surface area contributed by atoms with Crippen LogP contribution in [0.4, 0.5) is 0 Å². The van der Waals surface area contributed by atoms with Crippen molar-refractivity contribution in [2.24, 2.45) is 0 Å². The van der Waals surface area contributed by atoms with E-state index in [-0.39, 0.29) is 5.91 Å².